The van der Waals surface area contributed by atoms with Gasteiger partial charge in [-0.1, -0.05) is 12.1 Å². The van der Waals surface area contributed by atoms with Gasteiger partial charge >= 0.3 is 0 Å². The number of hydrogen-bond donors (Lipinski definition) is 2. The average Bonchev–Trinajstić information content (AvgIpc) is 2.95. The largest absolute Gasteiger partial charge is 0.466 e. The second-order valence-corrected chi connectivity index (χ2v) is 5.73. The van der Waals surface area contributed by atoms with E-state index in [0.717, 1.165) is 5.56 Å². The third-order valence-corrected chi connectivity index (χ3v) is 3.89. The molecule has 0 saturated heterocycles. The van der Waals surface area contributed by atoms with Crippen molar-refractivity contribution in [2.24, 2.45) is 7.05 Å². The van der Waals surface area contributed by atoms with Gasteiger partial charge in [-0.2, -0.15) is 5.10 Å². The molecule has 1 aromatic heterocycles. The van der Waals surface area contributed by atoms with E-state index in [1.54, 1.807) is 42.2 Å². The van der Waals surface area contributed by atoms with E-state index in [1.165, 1.54) is 6.92 Å². The Balaban J connectivity index is 1.80. The van der Waals surface area contributed by atoms with Gasteiger partial charge in [-0.15, -0.1) is 0 Å². The molecule has 2 heterocycles. The first-order chi connectivity index (χ1) is 10.9. The highest BCUT2D eigenvalue weighted by Crippen LogP contribution is 2.33. The molecule has 0 spiro atoms. The second-order valence-electron chi connectivity index (χ2n) is 5.73. The number of benzene rings is 1. The lowest BCUT2D eigenvalue weighted by atomic mass is 10.0. The van der Waals surface area contributed by atoms with Crippen LogP contribution in [0.5, 0.6) is 5.75 Å². The van der Waals surface area contributed by atoms with Crippen molar-refractivity contribution in [3.63, 3.8) is 0 Å². The van der Waals surface area contributed by atoms with Gasteiger partial charge < -0.3 is 15.4 Å². The highest BCUT2D eigenvalue weighted by Gasteiger charge is 2.47. The van der Waals surface area contributed by atoms with E-state index in [-0.39, 0.29) is 6.04 Å². The van der Waals surface area contributed by atoms with Gasteiger partial charge in [-0.3, -0.25) is 14.3 Å². The van der Waals surface area contributed by atoms with Crippen LogP contribution in [0, 0.1) is 0 Å². The number of amides is 2. The van der Waals surface area contributed by atoms with Crippen LogP contribution in [0.15, 0.2) is 36.7 Å². The minimum absolute atomic E-state index is 0.290. The number of carbonyl (C=O) groups is 2. The lowest BCUT2D eigenvalue weighted by Crippen LogP contribution is -2.59. The zero-order valence-electron chi connectivity index (χ0n) is 13.2. The van der Waals surface area contributed by atoms with Crippen molar-refractivity contribution < 1.29 is 14.3 Å². The highest BCUT2D eigenvalue weighted by atomic mass is 16.5. The van der Waals surface area contributed by atoms with Crippen molar-refractivity contribution in [2.75, 3.05) is 5.32 Å². The number of aryl methyl sites for hydroxylation is 1. The van der Waals surface area contributed by atoms with E-state index < -0.39 is 17.4 Å². The minimum Gasteiger partial charge on any atom is -0.466 e. The van der Waals surface area contributed by atoms with Crippen LogP contribution < -0.4 is 15.4 Å². The van der Waals surface area contributed by atoms with Crippen LogP contribution in [0.3, 0.4) is 0 Å². The summed E-state index contributed by atoms with van der Waals surface area (Å²) in [7, 11) is 1.80. The lowest BCUT2D eigenvalue weighted by molar-refractivity contribution is -0.147. The molecule has 23 heavy (non-hydrogen) atoms. The summed E-state index contributed by atoms with van der Waals surface area (Å²) >= 11 is 0. The van der Waals surface area contributed by atoms with Crippen molar-refractivity contribution >= 4 is 17.5 Å². The van der Waals surface area contributed by atoms with E-state index in [9.17, 15) is 9.59 Å². The molecule has 1 aliphatic rings. The molecule has 0 aliphatic carbocycles. The Hall–Kier alpha value is -2.83. The van der Waals surface area contributed by atoms with Gasteiger partial charge in [-0.25, -0.2) is 0 Å². The third-order valence-electron chi connectivity index (χ3n) is 3.89. The Morgan fingerprint density at radius 2 is 2.17 bits per heavy atom. The zero-order valence-corrected chi connectivity index (χ0v) is 13.2. The molecule has 2 amide bonds. The Labute approximate surface area is 133 Å². The quantitative estimate of drug-likeness (QED) is 0.838. The fourth-order valence-electron chi connectivity index (χ4n) is 2.40. The van der Waals surface area contributed by atoms with Crippen LogP contribution in [0.1, 0.15) is 25.5 Å². The van der Waals surface area contributed by atoms with Crippen LogP contribution in [-0.4, -0.2) is 27.2 Å². The number of para-hydroxylation sites is 2. The summed E-state index contributed by atoms with van der Waals surface area (Å²) in [5.74, 6) is -0.522. The molecule has 1 aromatic carbocycles. The van der Waals surface area contributed by atoms with Crippen LogP contribution in [0.25, 0.3) is 0 Å². The first-order valence-electron chi connectivity index (χ1n) is 7.29. The average molecular weight is 314 g/mol. The topological polar surface area (TPSA) is 85.2 Å². The van der Waals surface area contributed by atoms with Crippen molar-refractivity contribution in [1.82, 2.24) is 15.1 Å². The maximum atomic E-state index is 12.6. The molecule has 7 heteroatoms. The van der Waals surface area contributed by atoms with Crippen LogP contribution in [0.2, 0.25) is 0 Å². The van der Waals surface area contributed by atoms with Crippen molar-refractivity contribution in [1.29, 1.82) is 0 Å². The fraction of sp³-hybridized carbons (Fsp3) is 0.312. The summed E-state index contributed by atoms with van der Waals surface area (Å²) in [6.45, 7) is 3.29. The van der Waals surface area contributed by atoms with Crippen LogP contribution >= 0.6 is 0 Å². The van der Waals surface area contributed by atoms with E-state index in [1.807, 2.05) is 13.1 Å². The molecular formula is C16H18N4O3. The minimum atomic E-state index is -1.62. The molecular weight excluding hydrogens is 296 g/mol. The van der Waals surface area contributed by atoms with Crippen molar-refractivity contribution in [3.8, 4) is 5.75 Å². The van der Waals surface area contributed by atoms with Gasteiger partial charge in [0.1, 0.15) is 5.75 Å². The molecule has 2 aromatic rings. The number of ether oxygens (including phenoxy) is 1. The number of fused-ring (bicyclic) bond motifs is 1. The number of hydrogen-bond acceptors (Lipinski definition) is 4. The van der Waals surface area contributed by atoms with Gasteiger partial charge in [-0.05, 0) is 26.0 Å². The summed E-state index contributed by atoms with van der Waals surface area (Å²) < 4.78 is 7.34. The molecule has 7 nitrogen and oxygen atoms in total. The Morgan fingerprint density at radius 1 is 1.43 bits per heavy atom. The zero-order chi connectivity index (χ0) is 16.6. The molecule has 1 aliphatic heterocycles. The summed E-state index contributed by atoms with van der Waals surface area (Å²) in [6.07, 6.45) is 3.48. The van der Waals surface area contributed by atoms with Crippen LogP contribution in [0.4, 0.5) is 5.69 Å². The van der Waals surface area contributed by atoms with Gasteiger partial charge in [0.15, 0.2) is 0 Å². The Bertz CT molecular complexity index is 770. The third kappa shape index (κ3) is 2.65. The maximum absolute atomic E-state index is 12.6. The van der Waals surface area contributed by atoms with Crippen molar-refractivity contribution in [2.45, 2.75) is 25.5 Å². The first-order valence-corrected chi connectivity index (χ1v) is 7.29. The number of anilines is 1. The van der Waals surface area contributed by atoms with E-state index in [4.69, 9.17) is 4.74 Å². The number of nitrogens with one attached hydrogen (secondary N) is 2. The molecule has 0 radical (unpaired) electrons. The van der Waals surface area contributed by atoms with E-state index >= 15 is 0 Å². The number of carbonyl (C=O) groups excluding carboxylic acids is 2. The summed E-state index contributed by atoms with van der Waals surface area (Å²) in [5.41, 5.74) is -0.214. The molecule has 3 rings (SSSR count). The Kier molecular flexibility index (Phi) is 3.55. The molecule has 2 N–H and O–H groups in total. The normalized spacial score (nSPS) is 20.9. The van der Waals surface area contributed by atoms with Crippen molar-refractivity contribution in [3.05, 3.63) is 42.2 Å². The Morgan fingerprint density at radius 3 is 2.87 bits per heavy atom. The standard InChI is InChI=1S/C16H18N4O3/c1-10(11-8-17-20(3)9-11)18-14(21)16(2)15(22)19-12-6-4-5-7-13(12)23-16/h4-10H,1-3H3,(H,18,21)(H,19,22). The summed E-state index contributed by atoms with van der Waals surface area (Å²) in [6, 6.07) is 6.72. The maximum Gasteiger partial charge on any atom is 0.278 e. The fourth-order valence-corrected chi connectivity index (χ4v) is 2.40. The molecule has 0 fully saturated rings. The predicted octanol–water partition coefficient (Wildman–Crippen LogP) is 1.39. The lowest BCUT2D eigenvalue weighted by Gasteiger charge is -2.33. The van der Waals surface area contributed by atoms with Gasteiger partial charge in [0.25, 0.3) is 17.4 Å². The predicted molar refractivity (Wildman–Crippen MR) is 83.9 cm³/mol. The van der Waals surface area contributed by atoms with Gasteiger partial charge in [0, 0.05) is 18.8 Å². The smallest absolute Gasteiger partial charge is 0.278 e. The highest BCUT2D eigenvalue weighted by molar-refractivity contribution is 6.15. The first kappa shape index (κ1) is 15.1. The van der Waals surface area contributed by atoms with Crippen LogP contribution in [-0.2, 0) is 16.6 Å². The summed E-state index contributed by atoms with van der Waals surface area (Å²) in [5, 5.41) is 9.58. The molecule has 0 bridgehead atoms. The monoisotopic (exact) mass is 314 g/mol. The van der Waals surface area contributed by atoms with E-state index in [0.29, 0.717) is 11.4 Å². The van der Waals surface area contributed by atoms with Gasteiger partial charge in [0.2, 0.25) is 0 Å². The second kappa shape index (κ2) is 5.42. The van der Waals surface area contributed by atoms with E-state index in [2.05, 4.69) is 15.7 Å². The number of nitrogens with zero attached hydrogens (tertiary/aromatic N) is 2. The molecule has 2 unspecified atom stereocenters. The SMILES string of the molecule is CC(NC(=O)C1(C)Oc2ccccc2NC1=O)c1cnn(C)c1. The summed E-state index contributed by atoms with van der Waals surface area (Å²) in [4.78, 5) is 24.9. The number of aromatic nitrogens is 2. The molecule has 120 valence electrons. The number of rotatable bonds is 3. The van der Waals surface area contributed by atoms with Gasteiger partial charge in [0.05, 0.1) is 17.9 Å². The molecule has 0 saturated carbocycles. The molecule has 2 atom stereocenters.